The Morgan fingerprint density at radius 3 is 1.97 bits per heavy atom. The number of hydrogen-bond donors (Lipinski definition) is 0. The molecule has 0 N–H and O–H groups in total. The number of hydrogen-bond acceptors (Lipinski definition) is 6. The van der Waals surface area contributed by atoms with Crippen LogP contribution >= 0.6 is 0 Å². The lowest BCUT2D eigenvalue weighted by atomic mass is 9.87. The largest absolute Gasteiger partial charge is 0.497 e. The molecule has 3 aromatic rings. The SMILES string of the molecule is COc1ccc(C=CC2=NN(c3ccc(C(C)(C)C)cc3)C(c3ccc(OC)cc3OC)C2)c(OC)c1. The first kappa shape index (κ1) is 26.1. The molecule has 0 spiro atoms. The van der Waals surface area contributed by atoms with E-state index in [1.807, 2.05) is 36.4 Å². The van der Waals surface area contributed by atoms with Gasteiger partial charge in [-0.3, -0.25) is 5.01 Å². The van der Waals surface area contributed by atoms with E-state index < -0.39 is 0 Å². The molecule has 0 bridgehead atoms. The fourth-order valence-corrected chi connectivity index (χ4v) is 4.46. The molecule has 0 aromatic heterocycles. The van der Waals surface area contributed by atoms with Gasteiger partial charge in [0.15, 0.2) is 0 Å². The molecule has 4 rings (SSSR count). The lowest BCUT2D eigenvalue weighted by Crippen LogP contribution is -2.19. The Kier molecular flexibility index (Phi) is 7.77. The van der Waals surface area contributed by atoms with Crippen LogP contribution in [-0.4, -0.2) is 34.2 Å². The van der Waals surface area contributed by atoms with Crippen LogP contribution < -0.4 is 24.0 Å². The molecule has 37 heavy (non-hydrogen) atoms. The average Bonchev–Trinajstić information content (AvgIpc) is 3.34. The summed E-state index contributed by atoms with van der Waals surface area (Å²) in [6, 6.07) is 20.4. The minimum atomic E-state index is -0.0289. The van der Waals surface area contributed by atoms with Crippen LogP contribution in [0.15, 0.2) is 71.8 Å². The van der Waals surface area contributed by atoms with Crippen LogP contribution in [0.3, 0.4) is 0 Å². The predicted molar refractivity (Wildman–Crippen MR) is 151 cm³/mol. The third-order valence-electron chi connectivity index (χ3n) is 6.63. The maximum absolute atomic E-state index is 5.76. The number of rotatable bonds is 8. The van der Waals surface area contributed by atoms with E-state index in [0.29, 0.717) is 0 Å². The number of nitrogens with zero attached hydrogens (tertiary/aromatic N) is 2. The van der Waals surface area contributed by atoms with E-state index in [9.17, 15) is 0 Å². The zero-order valence-electron chi connectivity index (χ0n) is 22.7. The molecule has 0 amide bonds. The molecule has 1 heterocycles. The topological polar surface area (TPSA) is 52.5 Å². The monoisotopic (exact) mass is 500 g/mol. The molecule has 6 nitrogen and oxygen atoms in total. The van der Waals surface area contributed by atoms with Gasteiger partial charge >= 0.3 is 0 Å². The van der Waals surface area contributed by atoms with E-state index in [4.69, 9.17) is 24.0 Å². The third-order valence-corrected chi connectivity index (χ3v) is 6.63. The van der Waals surface area contributed by atoms with Crippen LogP contribution in [0.4, 0.5) is 5.69 Å². The molecular weight excluding hydrogens is 464 g/mol. The Morgan fingerprint density at radius 2 is 1.38 bits per heavy atom. The first-order valence-corrected chi connectivity index (χ1v) is 12.4. The lowest BCUT2D eigenvalue weighted by molar-refractivity contribution is 0.388. The van der Waals surface area contributed by atoms with Gasteiger partial charge in [0.2, 0.25) is 0 Å². The normalized spacial score (nSPS) is 15.6. The van der Waals surface area contributed by atoms with Crippen molar-refractivity contribution in [3.63, 3.8) is 0 Å². The Morgan fingerprint density at radius 1 is 0.757 bits per heavy atom. The second-order valence-corrected chi connectivity index (χ2v) is 10.0. The van der Waals surface area contributed by atoms with Crippen molar-refractivity contribution in [3.8, 4) is 23.0 Å². The second kappa shape index (κ2) is 11.0. The summed E-state index contributed by atoms with van der Waals surface area (Å²) in [5.41, 5.74) is 5.36. The highest BCUT2D eigenvalue weighted by molar-refractivity contribution is 6.01. The lowest BCUT2D eigenvalue weighted by Gasteiger charge is -2.26. The molecule has 1 unspecified atom stereocenters. The summed E-state index contributed by atoms with van der Waals surface area (Å²) in [5.74, 6) is 3.03. The predicted octanol–water partition coefficient (Wildman–Crippen LogP) is 7.04. The highest BCUT2D eigenvalue weighted by Gasteiger charge is 2.31. The van der Waals surface area contributed by atoms with Gasteiger partial charge in [-0.05, 0) is 59.5 Å². The van der Waals surface area contributed by atoms with Crippen molar-refractivity contribution in [2.75, 3.05) is 33.4 Å². The number of hydrazone groups is 1. The third kappa shape index (κ3) is 5.74. The van der Waals surface area contributed by atoms with Gasteiger partial charge in [0.05, 0.1) is 45.9 Å². The van der Waals surface area contributed by atoms with Gasteiger partial charge in [-0.15, -0.1) is 0 Å². The molecule has 6 heteroatoms. The average molecular weight is 501 g/mol. The summed E-state index contributed by atoms with van der Waals surface area (Å²) in [6.07, 6.45) is 4.81. The van der Waals surface area contributed by atoms with Crippen molar-refractivity contribution >= 4 is 17.5 Å². The first-order chi connectivity index (χ1) is 17.8. The van der Waals surface area contributed by atoms with E-state index in [2.05, 4.69) is 62.2 Å². The highest BCUT2D eigenvalue weighted by atomic mass is 16.5. The fourth-order valence-electron chi connectivity index (χ4n) is 4.46. The molecule has 0 saturated heterocycles. The van der Waals surface area contributed by atoms with Crippen molar-refractivity contribution in [1.29, 1.82) is 0 Å². The Hall–Kier alpha value is -3.93. The van der Waals surface area contributed by atoms with E-state index in [1.165, 1.54) is 5.56 Å². The Balaban J connectivity index is 1.71. The number of benzene rings is 3. The summed E-state index contributed by atoms with van der Waals surface area (Å²) in [6.45, 7) is 6.66. The minimum absolute atomic E-state index is 0.0289. The summed E-state index contributed by atoms with van der Waals surface area (Å²) in [5, 5.41) is 7.13. The standard InChI is InChI=1S/C31H36N2O4/c1-31(2,3)22-10-13-24(14-11-22)33-28(27-17-16-26(35-5)20-30(27)37-7)18-23(32-33)12-8-21-9-15-25(34-4)19-29(21)36-6/h8-17,19-20,28H,18H2,1-7H3. The van der Waals surface area contributed by atoms with Gasteiger partial charge in [-0.25, -0.2) is 0 Å². The number of anilines is 1. The van der Waals surface area contributed by atoms with Crippen LogP contribution in [0.1, 0.15) is 49.9 Å². The highest BCUT2D eigenvalue weighted by Crippen LogP contribution is 2.41. The molecule has 1 aliphatic heterocycles. The minimum Gasteiger partial charge on any atom is -0.497 e. The molecular formula is C31H36N2O4. The number of ether oxygens (including phenoxy) is 4. The zero-order valence-corrected chi connectivity index (χ0v) is 22.7. The van der Waals surface area contributed by atoms with E-state index in [1.54, 1.807) is 28.4 Å². The smallest absolute Gasteiger partial charge is 0.129 e. The Labute approximate surface area is 220 Å². The second-order valence-electron chi connectivity index (χ2n) is 10.0. The molecule has 0 saturated carbocycles. The maximum Gasteiger partial charge on any atom is 0.129 e. The van der Waals surface area contributed by atoms with Crippen molar-refractivity contribution < 1.29 is 18.9 Å². The van der Waals surface area contributed by atoms with Crippen LogP contribution in [0, 0.1) is 0 Å². The van der Waals surface area contributed by atoms with Gasteiger partial charge in [-0.1, -0.05) is 32.9 Å². The zero-order chi connectivity index (χ0) is 26.6. The van der Waals surface area contributed by atoms with Gasteiger partial charge < -0.3 is 18.9 Å². The summed E-state index contributed by atoms with van der Waals surface area (Å²) >= 11 is 0. The summed E-state index contributed by atoms with van der Waals surface area (Å²) < 4.78 is 22.1. The summed E-state index contributed by atoms with van der Waals surface area (Å²) in [4.78, 5) is 0. The number of allylic oxidation sites excluding steroid dienone is 1. The van der Waals surface area contributed by atoms with Crippen molar-refractivity contribution in [3.05, 3.63) is 83.4 Å². The quantitative estimate of drug-likeness (QED) is 0.332. The van der Waals surface area contributed by atoms with Crippen LogP contribution in [0.2, 0.25) is 0 Å². The number of methoxy groups -OCH3 is 4. The van der Waals surface area contributed by atoms with Gasteiger partial charge in [0, 0.05) is 29.7 Å². The van der Waals surface area contributed by atoms with E-state index in [-0.39, 0.29) is 11.5 Å². The van der Waals surface area contributed by atoms with E-state index in [0.717, 1.165) is 51.9 Å². The van der Waals surface area contributed by atoms with Crippen molar-refractivity contribution in [1.82, 2.24) is 0 Å². The molecule has 1 atom stereocenters. The van der Waals surface area contributed by atoms with Gasteiger partial charge in [0.25, 0.3) is 0 Å². The van der Waals surface area contributed by atoms with Crippen molar-refractivity contribution in [2.24, 2.45) is 5.10 Å². The maximum atomic E-state index is 5.76. The van der Waals surface area contributed by atoms with Crippen LogP contribution in [0.25, 0.3) is 6.08 Å². The Bertz CT molecular complexity index is 1290. The fraction of sp³-hybridized carbons (Fsp3) is 0.323. The molecule has 194 valence electrons. The molecule has 0 aliphatic carbocycles. The van der Waals surface area contributed by atoms with Gasteiger partial charge in [-0.2, -0.15) is 5.10 Å². The van der Waals surface area contributed by atoms with Gasteiger partial charge in [0.1, 0.15) is 23.0 Å². The van der Waals surface area contributed by atoms with Crippen LogP contribution in [0.5, 0.6) is 23.0 Å². The van der Waals surface area contributed by atoms with E-state index >= 15 is 0 Å². The molecule has 0 fully saturated rings. The molecule has 0 radical (unpaired) electrons. The first-order valence-electron chi connectivity index (χ1n) is 12.4. The molecule has 3 aromatic carbocycles. The molecule has 1 aliphatic rings. The van der Waals surface area contributed by atoms with Crippen molar-refractivity contribution in [2.45, 2.75) is 38.6 Å². The summed E-state index contributed by atoms with van der Waals surface area (Å²) in [7, 11) is 6.65. The van der Waals surface area contributed by atoms with Crippen LogP contribution in [-0.2, 0) is 5.41 Å².